The topological polar surface area (TPSA) is 38.1 Å². The van der Waals surface area contributed by atoms with Gasteiger partial charge in [0, 0.05) is 13.1 Å². The molecule has 0 aliphatic heterocycles. The third kappa shape index (κ3) is 2.98. The number of likely N-dealkylation sites (N-methyl/N-ethyl adjacent to an activating group) is 1. The summed E-state index contributed by atoms with van der Waals surface area (Å²) in [5.41, 5.74) is 2.00. The Bertz CT molecular complexity index is 590. The molecule has 0 atom stereocenters. The van der Waals surface area contributed by atoms with Crippen LogP contribution in [0.4, 0.5) is 0 Å². The summed E-state index contributed by atoms with van der Waals surface area (Å²) in [5, 5.41) is 0. The van der Waals surface area contributed by atoms with Gasteiger partial charge in [0.1, 0.15) is 12.4 Å². The van der Waals surface area contributed by atoms with Gasteiger partial charge in [0.25, 0.3) is 0 Å². The summed E-state index contributed by atoms with van der Waals surface area (Å²) in [5.74, 6) is 1.94. The molecular weight excluding hydrogens is 270 g/mol. The number of imidazole rings is 1. The van der Waals surface area contributed by atoms with Gasteiger partial charge in [-0.3, -0.25) is 4.79 Å². The van der Waals surface area contributed by atoms with Crippen molar-refractivity contribution >= 4 is 28.7 Å². The lowest BCUT2D eigenvalue weighted by molar-refractivity contribution is -0.131. The van der Waals surface area contributed by atoms with Crippen molar-refractivity contribution in [1.82, 2.24) is 14.5 Å². The number of para-hydroxylation sites is 2. The van der Waals surface area contributed by atoms with E-state index in [1.807, 2.05) is 47.6 Å². The van der Waals surface area contributed by atoms with Crippen molar-refractivity contribution in [3.63, 3.8) is 0 Å². The summed E-state index contributed by atoms with van der Waals surface area (Å²) in [4.78, 5) is 18.8. The number of carbonyl (C=O) groups excluding carboxylic acids is 1. The van der Waals surface area contributed by atoms with E-state index in [0.717, 1.165) is 35.7 Å². The smallest absolute Gasteiger partial charge is 0.242 e. The maximum atomic E-state index is 12.3. The normalized spacial score (nSPS) is 10.9. The van der Waals surface area contributed by atoms with Crippen LogP contribution in [0.5, 0.6) is 0 Å². The van der Waals surface area contributed by atoms with Crippen LogP contribution in [-0.2, 0) is 17.1 Å². The fourth-order valence-electron chi connectivity index (χ4n) is 2.35. The Labute approximate surface area is 124 Å². The number of carbonyl (C=O) groups is 1. The standard InChI is InChI=1S/C15H21N3OS/c1-4-17(5-2)15(19)10-18-13-9-7-6-8-12(13)16-14(18)11-20-3/h6-9H,4-5,10-11H2,1-3H3. The predicted octanol–water partition coefficient (Wildman–Crippen LogP) is 2.77. The molecule has 0 N–H and O–H groups in total. The molecule has 0 unspecified atom stereocenters. The van der Waals surface area contributed by atoms with Crippen LogP contribution in [0.25, 0.3) is 11.0 Å². The highest BCUT2D eigenvalue weighted by Crippen LogP contribution is 2.19. The molecule has 2 aromatic rings. The molecule has 5 heteroatoms. The zero-order chi connectivity index (χ0) is 14.5. The Morgan fingerprint density at radius 2 is 2.00 bits per heavy atom. The molecule has 1 aromatic carbocycles. The van der Waals surface area contributed by atoms with Gasteiger partial charge in [0.05, 0.1) is 16.8 Å². The molecule has 4 nitrogen and oxygen atoms in total. The second-order valence-corrected chi connectivity index (χ2v) is 5.47. The maximum absolute atomic E-state index is 12.3. The van der Waals surface area contributed by atoms with Gasteiger partial charge in [-0.2, -0.15) is 11.8 Å². The molecular formula is C15H21N3OS. The Kier molecular flexibility index (Phi) is 5.06. The number of benzene rings is 1. The number of rotatable bonds is 6. The lowest BCUT2D eigenvalue weighted by Gasteiger charge is -2.19. The number of hydrogen-bond donors (Lipinski definition) is 0. The van der Waals surface area contributed by atoms with Crippen LogP contribution in [0.15, 0.2) is 24.3 Å². The fourth-order valence-corrected chi connectivity index (χ4v) is 2.83. The molecule has 0 bridgehead atoms. The predicted molar refractivity (Wildman–Crippen MR) is 84.9 cm³/mol. The Morgan fingerprint density at radius 3 is 2.65 bits per heavy atom. The van der Waals surface area contributed by atoms with E-state index in [2.05, 4.69) is 11.2 Å². The van der Waals surface area contributed by atoms with Crippen LogP contribution in [0.3, 0.4) is 0 Å². The Hall–Kier alpha value is -1.49. The summed E-state index contributed by atoms with van der Waals surface area (Å²) in [7, 11) is 0. The van der Waals surface area contributed by atoms with Crippen LogP contribution in [0, 0.1) is 0 Å². The monoisotopic (exact) mass is 291 g/mol. The minimum absolute atomic E-state index is 0.153. The van der Waals surface area contributed by atoms with E-state index in [1.54, 1.807) is 11.8 Å². The number of nitrogens with zero attached hydrogens (tertiary/aromatic N) is 3. The molecule has 1 aromatic heterocycles. The average Bonchev–Trinajstić information content (AvgIpc) is 2.79. The van der Waals surface area contributed by atoms with Crippen molar-refractivity contribution in [2.75, 3.05) is 19.3 Å². The molecule has 0 aliphatic carbocycles. The first-order chi connectivity index (χ1) is 9.71. The first kappa shape index (κ1) is 14.9. The fraction of sp³-hybridized carbons (Fsp3) is 0.467. The van der Waals surface area contributed by atoms with E-state index in [1.165, 1.54) is 0 Å². The summed E-state index contributed by atoms with van der Waals surface area (Å²) < 4.78 is 2.05. The van der Waals surface area contributed by atoms with Gasteiger partial charge in [-0.15, -0.1) is 0 Å². The van der Waals surface area contributed by atoms with E-state index >= 15 is 0 Å². The largest absolute Gasteiger partial charge is 0.342 e. The van der Waals surface area contributed by atoms with Gasteiger partial charge in [-0.25, -0.2) is 4.98 Å². The SMILES string of the molecule is CCN(CC)C(=O)Cn1c(CSC)nc2ccccc21. The van der Waals surface area contributed by atoms with Gasteiger partial charge >= 0.3 is 0 Å². The molecule has 1 amide bonds. The summed E-state index contributed by atoms with van der Waals surface area (Å²) in [6, 6.07) is 8.00. The van der Waals surface area contributed by atoms with Crippen LogP contribution in [0.1, 0.15) is 19.7 Å². The highest BCUT2D eigenvalue weighted by atomic mass is 32.2. The molecule has 0 saturated carbocycles. The number of fused-ring (bicyclic) bond motifs is 1. The quantitative estimate of drug-likeness (QED) is 0.821. The molecule has 2 rings (SSSR count). The third-order valence-corrected chi connectivity index (χ3v) is 3.96. The van der Waals surface area contributed by atoms with Crippen molar-refractivity contribution in [2.45, 2.75) is 26.1 Å². The van der Waals surface area contributed by atoms with Gasteiger partial charge < -0.3 is 9.47 Å². The van der Waals surface area contributed by atoms with Gasteiger partial charge in [0.15, 0.2) is 0 Å². The van der Waals surface area contributed by atoms with Crippen molar-refractivity contribution in [1.29, 1.82) is 0 Å². The van der Waals surface area contributed by atoms with Crippen molar-refractivity contribution in [3.8, 4) is 0 Å². The molecule has 20 heavy (non-hydrogen) atoms. The van der Waals surface area contributed by atoms with Crippen LogP contribution >= 0.6 is 11.8 Å². The Balaban J connectivity index is 2.36. The third-order valence-electron chi connectivity index (χ3n) is 3.42. The van der Waals surface area contributed by atoms with E-state index in [0.29, 0.717) is 6.54 Å². The number of hydrogen-bond acceptors (Lipinski definition) is 3. The van der Waals surface area contributed by atoms with Crippen molar-refractivity contribution in [3.05, 3.63) is 30.1 Å². The molecule has 0 fully saturated rings. The summed E-state index contributed by atoms with van der Waals surface area (Å²) >= 11 is 1.72. The molecule has 0 saturated heterocycles. The summed E-state index contributed by atoms with van der Waals surface area (Å²) in [6.07, 6.45) is 2.05. The first-order valence-electron chi connectivity index (χ1n) is 6.92. The van der Waals surface area contributed by atoms with Gasteiger partial charge in [-0.05, 0) is 32.2 Å². The second-order valence-electron chi connectivity index (χ2n) is 4.60. The van der Waals surface area contributed by atoms with E-state index in [9.17, 15) is 4.79 Å². The van der Waals surface area contributed by atoms with Crippen molar-refractivity contribution < 1.29 is 4.79 Å². The lowest BCUT2D eigenvalue weighted by Crippen LogP contribution is -2.33. The molecule has 1 heterocycles. The minimum atomic E-state index is 0.153. The van der Waals surface area contributed by atoms with E-state index in [-0.39, 0.29) is 5.91 Å². The zero-order valence-electron chi connectivity index (χ0n) is 12.3. The highest BCUT2D eigenvalue weighted by Gasteiger charge is 2.15. The Morgan fingerprint density at radius 1 is 1.30 bits per heavy atom. The van der Waals surface area contributed by atoms with Crippen LogP contribution in [0.2, 0.25) is 0 Å². The van der Waals surface area contributed by atoms with Crippen LogP contribution < -0.4 is 0 Å². The lowest BCUT2D eigenvalue weighted by atomic mass is 10.3. The highest BCUT2D eigenvalue weighted by molar-refractivity contribution is 7.97. The maximum Gasteiger partial charge on any atom is 0.242 e. The first-order valence-corrected chi connectivity index (χ1v) is 8.31. The van der Waals surface area contributed by atoms with Gasteiger partial charge in [0.2, 0.25) is 5.91 Å². The average molecular weight is 291 g/mol. The number of aromatic nitrogens is 2. The zero-order valence-corrected chi connectivity index (χ0v) is 13.1. The minimum Gasteiger partial charge on any atom is -0.342 e. The molecule has 108 valence electrons. The molecule has 0 aliphatic rings. The van der Waals surface area contributed by atoms with E-state index in [4.69, 9.17) is 0 Å². The number of thioether (sulfide) groups is 1. The second kappa shape index (κ2) is 6.79. The van der Waals surface area contributed by atoms with Gasteiger partial charge in [-0.1, -0.05) is 12.1 Å². The van der Waals surface area contributed by atoms with Crippen molar-refractivity contribution in [2.24, 2.45) is 0 Å². The summed E-state index contributed by atoms with van der Waals surface area (Å²) in [6.45, 7) is 5.89. The van der Waals surface area contributed by atoms with E-state index < -0.39 is 0 Å². The molecule has 0 spiro atoms. The number of amides is 1. The van der Waals surface area contributed by atoms with Crippen LogP contribution in [-0.4, -0.2) is 39.7 Å². The molecule has 0 radical (unpaired) electrons.